The predicted octanol–water partition coefficient (Wildman–Crippen LogP) is 3.42. The highest BCUT2D eigenvalue weighted by atomic mass is 32.1. The number of nitrogens with one attached hydrogen (secondary N) is 1. The van der Waals surface area contributed by atoms with Gasteiger partial charge in [0.15, 0.2) is 21.4 Å². The van der Waals surface area contributed by atoms with Crippen LogP contribution >= 0.6 is 23.6 Å². The third kappa shape index (κ3) is 2.04. The van der Waals surface area contributed by atoms with Gasteiger partial charge in [-0.1, -0.05) is 6.92 Å². The van der Waals surface area contributed by atoms with E-state index >= 15 is 0 Å². The number of aromatic amines is 1. The normalized spacial score (nSPS) is 11.1. The van der Waals surface area contributed by atoms with Crippen LogP contribution in [-0.4, -0.2) is 19.7 Å². The minimum atomic E-state index is 0.602. The lowest BCUT2D eigenvalue weighted by Gasteiger charge is -1.98. The van der Waals surface area contributed by atoms with Crippen LogP contribution in [0.2, 0.25) is 0 Å². The Kier molecular flexibility index (Phi) is 3.08. The lowest BCUT2D eigenvalue weighted by Crippen LogP contribution is -1.93. The number of hydrogen-bond donors (Lipinski definition) is 1. The lowest BCUT2D eigenvalue weighted by molar-refractivity contribution is 0.581. The fraction of sp³-hybridized carbons (Fsp3) is 0.250. The summed E-state index contributed by atoms with van der Waals surface area (Å²) in [7, 11) is 1.90. The first-order valence-electron chi connectivity index (χ1n) is 5.86. The Morgan fingerprint density at radius 3 is 2.95 bits per heavy atom. The molecule has 3 rings (SSSR count). The van der Waals surface area contributed by atoms with Crippen molar-refractivity contribution in [2.45, 2.75) is 13.3 Å². The second-order valence-corrected chi connectivity index (χ2v) is 5.42. The molecule has 3 heterocycles. The van der Waals surface area contributed by atoms with Gasteiger partial charge in [0.2, 0.25) is 0 Å². The molecule has 19 heavy (non-hydrogen) atoms. The molecular weight excluding hydrogens is 280 g/mol. The van der Waals surface area contributed by atoms with Crippen LogP contribution in [0.4, 0.5) is 0 Å². The number of nitrogens with zero attached hydrogens (tertiary/aromatic N) is 3. The maximum absolute atomic E-state index is 5.40. The largest absolute Gasteiger partial charge is 0.462 e. The summed E-state index contributed by atoms with van der Waals surface area (Å²) in [6.45, 7) is 2.08. The predicted molar refractivity (Wildman–Crippen MR) is 76.6 cm³/mol. The first-order chi connectivity index (χ1) is 9.20. The van der Waals surface area contributed by atoms with Crippen molar-refractivity contribution < 1.29 is 4.42 Å². The number of thiazole rings is 1. The van der Waals surface area contributed by atoms with Crippen molar-refractivity contribution >= 4 is 23.6 Å². The molecule has 5 nitrogen and oxygen atoms in total. The van der Waals surface area contributed by atoms with Crippen LogP contribution in [0.25, 0.3) is 21.5 Å². The Morgan fingerprint density at radius 2 is 2.37 bits per heavy atom. The van der Waals surface area contributed by atoms with Crippen LogP contribution in [0.5, 0.6) is 0 Å². The monoisotopic (exact) mass is 292 g/mol. The zero-order valence-corrected chi connectivity index (χ0v) is 12.1. The summed E-state index contributed by atoms with van der Waals surface area (Å²) in [5.41, 5.74) is 1.01. The first kappa shape index (κ1) is 12.3. The third-order valence-corrected chi connectivity index (χ3v) is 4.32. The van der Waals surface area contributed by atoms with E-state index in [9.17, 15) is 0 Å². The average Bonchev–Trinajstić information content (AvgIpc) is 3.11. The highest BCUT2D eigenvalue weighted by Crippen LogP contribution is 2.34. The van der Waals surface area contributed by atoms with Crippen molar-refractivity contribution in [2.75, 3.05) is 0 Å². The van der Waals surface area contributed by atoms with Crippen molar-refractivity contribution in [3.63, 3.8) is 0 Å². The van der Waals surface area contributed by atoms with Crippen LogP contribution in [0.1, 0.15) is 12.6 Å². The van der Waals surface area contributed by atoms with Gasteiger partial charge in [-0.05, 0) is 30.8 Å². The molecule has 7 heteroatoms. The van der Waals surface area contributed by atoms with E-state index < -0.39 is 0 Å². The number of H-pyrrole nitrogens is 1. The number of aromatic nitrogens is 4. The zero-order valence-electron chi connectivity index (χ0n) is 10.5. The molecule has 0 unspecified atom stereocenters. The molecule has 1 N–H and O–H groups in total. The van der Waals surface area contributed by atoms with Crippen molar-refractivity contribution in [1.82, 2.24) is 19.7 Å². The fourth-order valence-corrected chi connectivity index (χ4v) is 3.10. The Bertz CT molecular complexity index is 751. The standard InChI is InChI=1S/C12H12N4OS2/c1-3-7-9(10-14-15-12(18)16(10)2)19-11(13-7)8-5-4-6-17-8/h4-6H,3H2,1-2H3,(H,15,18). The van der Waals surface area contributed by atoms with E-state index in [1.54, 1.807) is 17.6 Å². The molecule has 0 amide bonds. The summed E-state index contributed by atoms with van der Waals surface area (Å²) in [4.78, 5) is 5.65. The van der Waals surface area contributed by atoms with Gasteiger partial charge in [-0.25, -0.2) is 4.98 Å². The second-order valence-electron chi connectivity index (χ2n) is 4.04. The SMILES string of the molecule is CCc1nc(-c2ccco2)sc1-c1n[nH]c(=S)n1C. The number of aryl methyl sites for hydroxylation is 1. The van der Waals surface area contributed by atoms with E-state index in [-0.39, 0.29) is 0 Å². The van der Waals surface area contributed by atoms with Crippen LogP contribution in [-0.2, 0) is 13.5 Å². The van der Waals surface area contributed by atoms with Gasteiger partial charge >= 0.3 is 0 Å². The van der Waals surface area contributed by atoms with E-state index in [1.807, 2.05) is 23.7 Å². The molecule has 0 saturated heterocycles. The Morgan fingerprint density at radius 1 is 1.53 bits per heavy atom. The number of furan rings is 1. The smallest absolute Gasteiger partial charge is 0.195 e. The summed E-state index contributed by atoms with van der Waals surface area (Å²) in [5, 5.41) is 7.94. The molecule has 0 saturated carbocycles. The van der Waals surface area contributed by atoms with Gasteiger partial charge in [0.05, 0.1) is 16.8 Å². The number of rotatable bonds is 3. The van der Waals surface area contributed by atoms with Gasteiger partial charge in [-0.2, -0.15) is 5.10 Å². The van der Waals surface area contributed by atoms with Crippen molar-refractivity contribution in [3.8, 4) is 21.5 Å². The van der Waals surface area contributed by atoms with Crippen LogP contribution in [0.15, 0.2) is 22.8 Å². The summed E-state index contributed by atoms with van der Waals surface area (Å²) in [6, 6.07) is 3.77. The summed E-state index contributed by atoms with van der Waals surface area (Å²) >= 11 is 6.72. The van der Waals surface area contributed by atoms with Gasteiger partial charge < -0.3 is 8.98 Å². The molecule has 0 bridgehead atoms. The van der Waals surface area contributed by atoms with Crippen molar-refractivity contribution in [3.05, 3.63) is 28.9 Å². The van der Waals surface area contributed by atoms with Crippen molar-refractivity contribution in [1.29, 1.82) is 0 Å². The van der Waals surface area contributed by atoms with Gasteiger partial charge in [0.1, 0.15) is 0 Å². The Balaban J connectivity index is 2.16. The molecule has 98 valence electrons. The average molecular weight is 292 g/mol. The third-order valence-electron chi connectivity index (χ3n) is 2.85. The van der Waals surface area contributed by atoms with Gasteiger partial charge in [-0.3, -0.25) is 5.10 Å². The summed E-state index contributed by atoms with van der Waals surface area (Å²) in [5.74, 6) is 1.60. The Labute approximate surface area is 118 Å². The highest BCUT2D eigenvalue weighted by molar-refractivity contribution is 7.71. The van der Waals surface area contributed by atoms with E-state index in [2.05, 4.69) is 22.1 Å². The maximum atomic E-state index is 5.40. The van der Waals surface area contributed by atoms with Crippen molar-refractivity contribution in [2.24, 2.45) is 7.05 Å². The quantitative estimate of drug-likeness (QED) is 0.751. The molecule has 0 aromatic carbocycles. The summed E-state index contributed by atoms with van der Waals surface area (Å²) in [6.07, 6.45) is 2.49. The van der Waals surface area contributed by atoms with Gasteiger partial charge in [0, 0.05) is 7.05 Å². The van der Waals surface area contributed by atoms with E-state index in [4.69, 9.17) is 16.6 Å². The zero-order chi connectivity index (χ0) is 13.4. The topological polar surface area (TPSA) is 59.6 Å². The van der Waals surface area contributed by atoms with Crippen LogP contribution in [0.3, 0.4) is 0 Å². The molecule has 0 aliphatic heterocycles. The summed E-state index contributed by atoms with van der Waals surface area (Å²) < 4.78 is 7.85. The van der Waals surface area contributed by atoms with Gasteiger partial charge in [-0.15, -0.1) is 11.3 Å². The molecule has 0 fully saturated rings. The molecule has 0 spiro atoms. The molecule has 0 radical (unpaired) electrons. The molecule has 3 aromatic rings. The molecule has 3 aromatic heterocycles. The minimum absolute atomic E-state index is 0.602. The van der Waals surface area contributed by atoms with Crippen LogP contribution < -0.4 is 0 Å². The molecule has 0 aliphatic carbocycles. The number of hydrogen-bond acceptors (Lipinski definition) is 5. The fourth-order valence-electron chi connectivity index (χ4n) is 1.82. The second kappa shape index (κ2) is 4.75. The lowest BCUT2D eigenvalue weighted by atomic mass is 10.3. The van der Waals surface area contributed by atoms with E-state index in [0.717, 1.165) is 33.6 Å². The minimum Gasteiger partial charge on any atom is -0.462 e. The molecular formula is C12H12N4OS2. The molecule has 0 aliphatic rings. The van der Waals surface area contributed by atoms with Crippen LogP contribution in [0, 0.1) is 4.77 Å². The highest BCUT2D eigenvalue weighted by Gasteiger charge is 2.18. The van der Waals surface area contributed by atoms with Gasteiger partial charge in [0.25, 0.3) is 0 Å². The molecule has 0 atom stereocenters. The maximum Gasteiger partial charge on any atom is 0.195 e. The Hall–Kier alpha value is -1.73. The first-order valence-corrected chi connectivity index (χ1v) is 7.08. The van der Waals surface area contributed by atoms with E-state index in [1.165, 1.54) is 0 Å². The van der Waals surface area contributed by atoms with E-state index in [0.29, 0.717) is 4.77 Å².